The summed E-state index contributed by atoms with van der Waals surface area (Å²) in [6.07, 6.45) is 6.77. The summed E-state index contributed by atoms with van der Waals surface area (Å²) >= 11 is 3.48. The molecule has 4 nitrogen and oxygen atoms in total. The highest BCUT2D eigenvalue weighted by molar-refractivity contribution is 9.10. The van der Waals surface area contributed by atoms with Crippen LogP contribution in [0.3, 0.4) is 0 Å². The minimum Gasteiger partial charge on any atom is -0.357 e. The van der Waals surface area contributed by atoms with E-state index < -0.39 is 0 Å². The zero-order valence-electron chi connectivity index (χ0n) is 14.4. The summed E-state index contributed by atoms with van der Waals surface area (Å²) in [5.74, 6) is 1.07. The van der Waals surface area contributed by atoms with Gasteiger partial charge in [0.25, 0.3) is 0 Å². The fourth-order valence-electron chi connectivity index (χ4n) is 3.39. The van der Waals surface area contributed by atoms with Gasteiger partial charge in [0.2, 0.25) is 0 Å². The van der Waals surface area contributed by atoms with Gasteiger partial charge in [0.15, 0.2) is 5.96 Å². The highest BCUT2D eigenvalue weighted by Gasteiger charge is 2.29. The van der Waals surface area contributed by atoms with Crippen molar-refractivity contribution in [2.45, 2.75) is 25.8 Å². The van der Waals surface area contributed by atoms with Gasteiger partial charge >= 0.3 is 0 Å². The van der Waals surface area contributed by atoms with Crippen LogP contribution in [-0.4, -0.2) is 61.1 Å². The number of rotatable bonds is 5. The zero-order chi connectivity index (χ0) is 16.8. The number of likely N-dealkylation sites (tertiary alicyclic amines) is 1. The molecule has 1 fully saturated rings. The predicted octanol–water partition coefficient (Wildman–Crippen LogP) is 2.90. The van der Waals surface area contributed by atoms with Crippen molar-refractivity contribution < 1.29 is 0 Å². The third-order valence-corrected chi connectivity index (χ3v) is 5.26. The fraction of sp³-hybridized carbons (Fsp3) is 0.526. The lowest BCUT2D eigenvalue weighted by Crippen LogP contribution is -2.43. The molecule has 1 atom stereocenters. The number of halogens is 1. The van der Waals surface area contributed by atoms with Gasteiger partial charge in [0.05, 0.1) is 0 Å². The number of hydrogen-bond acceptors (Lipinski definition) is 2. The molecule has 130 valence electrons. The van der Waals surface area contributed by atoms with E-state index in [0.29, 0.717) is 6.04 Å². The number of aliphatic imine (C=N–C) groups is 1. The minimum absolute atomic E-state index is 0.662. The molecule has 1 aromatic carbocycles. The summed E-state index contributed by atoms with van der Waals surface area (Å²) in [4.78, 5) is 9.85. The van der Waals surface area contributed by atoms with E-state index in [9.17, 15) is 0 Å². The van der Waals surface area contributed by atoms with E-state index in [0.717, 1.165) is 56.1 Å². The summed E-state index contributed by atoms with van der Waals surface area (Å²) in [7, 11) is 0. The average molecular weight is 391 g/mol. The highest BCUT2D eigenvalue weighted by atomic mass is 79.9. The van der Waals surface area contributed by atoms with E-state index in [2.05, 4.69) is 74.4 Å². The summed E-state index contributed by atoms with van der Waals surface area (Å²) in [6.45, 7) is 8.30. The monoisotopic (exact) mass is 390 g/mol. The Balaban J connectivity index is 1.54. The molecule has 0 amide bonds. The summed E-state index contributed by atoms with van der Waals surface area (Å²) in [5.41, 5.74) is 1.33. The van der Waals surface area contributed by atoms with Crippen molar-refractivity contribution in [1.82, 2.24) is 15.1 Å². The van der Waals surface area contributed by atoms with E-state index >= 15 is 0 Å². The predicted molar refractivity (Wildman–Crippen MR) is 105 cm³/mol. The second kappa shape index (κ2) is 8.67. The molecule has 1 saturated heterocycles. The number of benzene rings is 1. The molecule has 1 N–H and O–H groups in total. The quantitative estimate of drug-likeness (QED) is 0.476. The van der Waals surface area contributed by atoms with Gasteiger partial charge in [0, 0.05) is 49.8 Å². The Hall–Kier alpha value is -1.33. The molecule has 0 aromatic heterocycles. The first-order valence-electron chi connectivity index (χ1n) is 8.93. The van der Waals surface area contributed by atoms with Crippen molar-refractivity contribution in [2.24, 2.45) is 4.99 Å². The van der Waals surface area contributed by atoms with Crippen LogP contribution in [0.5, 0.6) is 0 Å². The third-order valence-electron chi connectivity index (χ3n) is 4.74. The second-order valence-corrected chi connectivity index (χ2v) is 7.34. The molecule has 1 unspecified atom stereocenters. The van der Waals surface area contributed by atoms with Crippen LogP contribution in [0.4, 0.5) is 0 Å². The van der Waals surface area contributed by atoms with Crippen LogP contribution in [-0.2, 0) is 6.42 Å². The van der Waals surface area contributed by atoms with Crippen molar-refractivity contribution in [3.63, 3.8) is 0 Å². The molecule has 0 radical (unpaired) electrons. The second-order valence-electron chi connectivity index (χ2n) is 6.43. The number of nitrogens with one attached hydrogen (secondary N) is 1. The number of nitrogens with zero attached hydrogens (tertiary/aromatic N) is 3. The molecular formula is C19H27BrN4. The van der Waals surface area contributed by atoms with Gasteiger partial charge in [-0.3, -0.25) is 9.89 Å². The van der Waals surface area contributed by atoms with E-state index in [1.165, 1.54) is 12.0 Å². The molecule has 0 spiro atoms. The van der Waals surface area contributed by atoms with Crippen molar-refractivity contribution in [3.05, 3.63) is 46.5 Å². The largest absolute Gasteiger partial charge is 0.357 e. The van der Waals surface area contributed by atoms with Crippen LogP contribution < -0.4 is 5.32 Å². The lowest BCUT2D eigenvalue weighted by molar-refractivity contribution is 0.259. The van der Waals surface area contributed by atoms with Gasteiger partial charge in [-0.05, 0) is 37.5 Å². The molecule has 5 heteroatoms. The van der Waals surface area contributed by atoms with E-state index in [1.54, 1.807) is 0 Å². The van der Waals surface area contributed by atoms with Gasteiger partial charge < -0.3 is 10.2 Å². The van der Waals surface area contributed by atoms with Gasteiger partial charge in [-0.15, -0.1) is 0 Å². The topological polar surface area (TPSA) is 30.9 Å². The van der Waals surface area contributed by atoms with Crippen LogP contribution in [0.25, 0.3) is 0 Å². The molecule has 0 saturated carbocycles. The van der Waals surface area contributed by atoms with Crippen LogP contribution in [0, 0.1) is 0 Å². The molecule has 0 aliphatic carbocycles. The SMILES string of the molecule is CCNC(=NCCc1ccc(Br)cc1)N1CCC(N2CC=CC2)C1. The maximum absolute atomic E-state index is 4.86. The Labute approximate surface area is 153 Å². The van der Waals surface area contributed by atoms with Gasteiger partial charge in [-0.25, -0.2) is 0 Å². The molecule has 24 heavy (non-hydrogen) atoms. The molecule has 0 bridgehead atoms. The van der Waals surface area contributed by atoms with E-state index in [1.807, 2.05) is 0 Å². The summed E-state index contributed by atoms with van der Waals surface area (Å²) in [6, 6.07) is 9.19. The van der Waals surface area contributed by atoms with Crippen LogP contribution in [0.15, 0.2) is 45.9 Å². The van der Waals surface area contributed by atoms with Gasteiger partial charge in [0.1, 0.15) is 0 Å². The summed E-state index contributed by atoms with van der Waals surface area (Å²) < 4.78 is 1.13. The van der Waals surface area contributed by atoms with Crippen LogP contribution in [0.2, 0.25) is 0 Å². The Kier molecular flexibility index (Phi) is 6.32. The Morgan fingerprint density at radius 2 is 2.00 bits per heavy atom. The number of guanidine groups is 1. The van der Waals surface area contributed by atoms with E-state index in [-0.39, 0.29) is 0 Å². The average Bonchev–Trinajstić information content (AvgIpc) is 3.27. The zero-order valence-corrected chi connectivity index (χ0v) is 16.0. The highest BCUT2D eigenvalue weighted by Crippen LogP contribution is 2.18. The first-order valence-corrected chi connectivity index (χ1v) is 9.72. The van der Waals surface area contributed by atoms with Gasteiger partial charge in [-0.2, -0.15) is 0 Å². The maximum Gasteiger partial charge on any atom is 0.193 e. The normalized spacial score (nSPS) is 21.7. The van der Waals surface area contributed by atoms with Crippen molar-refractivity contribution in [2.75, 3.05) is 39.3 Å². The smallest absolute Gasteiger partial charge is 0.193 e. The molecular weight excluding hydrogens is 364 g/mol. The van der Waals surface area contributed by atoms with Crippen molar-refractivity contribution in [3.8, 4) is 0 Å². The van der Waals surface area contributed by atoms with Crippen molar-refractivity contribution in [1.29, 1.82) is 0 Å². The molecule has 2 heterocycles. The third kappa shape index (κ3) is 4.61. The van der Waals surface area contributed by atoms with Crippen LogP contribution >= 0.6 is 15.9 Å². The Morgan fingerprint density at radius 1 is 1.25 bits per heavy atom. The molecule has 2 aliphatic rings. The standard InChI is InChI=1S/C19H27BrN4/c1-2-21-19(22-11-9-16-5-7-17(20)8-6-16)24-14-10-18(15-24)23-12-3-4-13-23/h3-8,18H,2,9-15H2,1H3,(H,21,22). The Bertz CT molecular complexity index is 574. The lowest BCUT2D eigenvalue weighted by atomic mass is 10.2. The molecule has 2 aliphatic heterocycles. The summed E-state index contributed by atoms with van der Waals surface area (Å²) in [5, 5.41) is 3.47. The molecule has 1 aromatic rings. The van der Waals surface area contributed by atoms with E-state index in [4.69, 9.17) is 4.99 Å². The Morgan fingerprint density at radius 3 is 2.71 bits per heavy atom. The maximum atomic E-state index is 4.86. The minimum atomic E-state index is 0.662. The molecule has 3 rings (SSSR count). The van der Waals surface area contributed by atoms with Crippen molar-refractivity contribution >= 4 is 21.9 Å². The fourth-order valence-corrected chi connectivity index (χ4v) is 3.66. The first-order chi connectivity index (χ1) is 11.8. The first kappa shape index (κ1) is 17.5. The lowest BCUT2D eigenvalue weighted by Gasteiger charge is -2.25. The number of hydrogen-bond donors (Lipinski definition) is 1. The van der Waals surface area contributed by atoms with Crippen LogP contribution in [0.1, 0.15) is 18.9 Å². The van der Waals surface area contributed by atoms with Gasteiger partial charge in [-0.1, -0.05) is 40.2 Å².